The Kier molecular flexibility index (Phi) is 6.31. The van der Waals surface area contributed by atoms with Crippen molar-refractivity contribution < 1.29 is 18.7 Å². The van der Waals surface area contributed by atoms with Crippen LogP contribution < -0.4 is 15.6 Å². The summed E-state index contributed by atoms with van der Waals surface area (Å²) in [6.07, 6.45) is 0.425. The molecule has 0 aliphatic carbocycles. The number of aryl methyl sites for hydroxylation is 1. The van der Waals surface area contributed by atoms with Gasteiger partial charge in [-0.2, -0.15) is 0 Å². The van der Waals surface area contributed by atoms with E-state index in [0.717, 1.165) is 5.56 Å². The number of hydrogen-bond donors (Lipinski definition) is 2. The van der Waals surface area contributed by atoms with Gasteiger partial charge in [0.15, 0.2) is 0 Å². The van der Waals surface area contributed by atoms with Gasteiger partial charge in [-0.05, 0) is 24.1 Å². The third kappa shape index (κ3) is 5.08. The highest BCUT2D eigenvalue weighted by atomic mass is 19.1. The maximum absolute atomic E-state index is 13.5. The summed E-state index contributed by atoms with van der Waals surface area (Å²) in [7, 11) is 1.53. The van der Waals surface area contributed by atoms with Crippen molar-refractivity contribution in [3.05, 3.63) is 65.5 Å². The second-order valence-corrected chi connectivity index (χ2v) is 5.18. The van der Waals surface area contributed by atoms with E-state index in [1.54, 1.807) is 36.4 Å². The number of carbonyl (C=O) groups is 2. The molecule has 6 heteroatoms. The Morgan fingerprint density at radius 3 is 2.29 bits per heavy atom. The molecule has 2 aromatic rings. The number of para-hydroxylation sites is 1. The maximum Gasteiger partial charge on any atom is 0.242 e. The molecular formula is C18H19FN2O3. The molecule has 5 nitrogen and oxygen atoms in total. The highest BCUT2D eigenvalue weighted by Crippen LogP contribution is 2.17. The second-order valence-electron chi connectivity index (χ2n) is 5.18. The lowest BCUT2D eigenvalue weighted by atomic mass is 10.1. The van der Waals surface area contributed by atoms with Crippen LogP contribution in [0.15, 0.2) is 48.5 Å². The molecule has 0 aliphatic rings. The van der Waals surface area contributed by atoms with E-state index in [0.29, 0.717) is 11.3 Å². The van der Waals surface area contributed by atoms with Crippen molar-refractivity contribution in [2.75, 3.05) is 7.11 Å². The van der Waals surface area contributed by atoms with Crippen LogP contribution in [-0.4, -0.2) is 18.9 Å². The topological polar surface area (TPSA) is 67.4 Å². The van der Waals surface area contributed by atoms with Crippen LogP contribution in [0.5, 0.6) is 5.75 Å². The lowest BCUT2D eigenvalue weighted by Crippen LogP contribution is -2.42. The molecule has 0 fully saturated rings. The van der Waals surface area contributed by atoms with E-state index in [1.807, 2.05) is 6.07 Å². The summed E-state index contributed by atoms with van der Waals surface area (Å²) in [6, 6.07) is 13.4. The molecule has 2 aromatic carbocycles. The number of benzene rings is 2. The summed E-state index contributed by atoms with van der Waals surface area (Å²) < 4.78 is 18.6. The highest BCUT2D eigenvalue weighted by molar-refractivity contribution is 5.83. The lowest BCUT2D eigenvalue weighted by Gasteiger charge is -2.10. The number of hydrazine groups is 1. The molecule has 0 saturated heterocycles. The molecule has 0 heterocycles. The Hall–Kier alpha value is -2.89. The zero-order valence-electron chi connectivity index (χ0n) is 13.3. The van der Waals surface area contributed by atoms with Gasteiger partial charge in [0, 0.05) is 12.0 Å². The summed E-state index contributed by atoms with van der Waals surface area (Å²) >= 11 is 0. The van der Waals surface area contributed by atoms with Crippen molar-refractivity contribution in [3.8, 4) is 5.75 Å². The molecule has 0 radical (unpaired) electrons. The van der Waals surface area contributed by atoms with Crippen LogP contribution in [0.4, 0.5) is 4.39 Å². The first kappa shape index (κ1) is 17.5. The summed E-state index contributed by atoms with van der Waals surface area (Å²) in [6.45, 7) is 0. The zero-order valence-corrected chi connectivity index (χ0v) is 13.3. The van der Waals surface area contributed by atoms with Crippen LogP contribution in [0.2, 0.25) is 0 Å². The molecule has 2 rings (SSSR count). The third-order valence-corrected chi connectivity index (χ3v) is 3.46. The van der Waals surface area contributed by atoms with Gasteiger partial charge in [-0.25, -0.2) is 4.39 Å². The monoisotopic (exact) mass is 330 g/mol. The second kappa shape index (κ2) is 8.67. The van der Waals surface area contributed by atoms with E-state index in [4.69, 9.17) is 4.74 Å². The van der Waals surface area contributed by atoms with Crippen LogP contribution in [0, 0.1) is 5.82 Å². The number of nitrogens with one attached hydrogen (secondary N) is 2. The predicted octanol–water partition coefficient (Wildman–Crippen LogP) is 2.16. The minimum Gasteiger partial charge on any atom is -0.496 e. The average molecular weight is 330 g/mol. The highest BCUT2D eigenvalue weighted by Gasteiger charge is 2.10. The van der Waals surface area contributed by atoms with Crippen molar-refractivity contribution in [2.24, 2.45) is 0 Å². The number of ether oxygens (including phenoxy) is 1. The summed E-state index contributed by atoms with van der Waals surface area (Å²) in [5, 5.41) is 0. The largest absolute Gasteiger partial charge is 0.496 e. The Bertz CT molecular complexity index is 719. The number of rotatable bonds is 6. The molecule has 0 spiro atoms. The molecule has 0 aliphatic heterocycles. The Balaban J connectivity index is 1.77. The van der Waals surface area contributed by atoms with Gasteiger partial charge in [0.2, 0.25) is 11.8 Å². The molecule has 2 N–H and O–H groups in total. The predicted molar refractivity (Wildman–Crippen MR) is 87.7 cm³/mol. The van der Waals surface area contributed by atoms with Crippen molar-refractivity contribution in [3.63, 3.8) is 0 Å². The van der Waals surface area contributed by atoms with Gasteiger partial charge in [0.1, 0.15) is 11.6 Å². The summed E-state index contributed by atoms with van der Waals surface area (Å²) in [5.74, 6) is -0.477. The fraction of sp³-hybridized carbons (Fsp3) is 0.222. The van der Waals surface area contributed by atoms with Crippen molar-refractivity contribution in [1.82, 2.24) is 10.9 Å². The van der Waals surface area contributed by atoms with Crippen LogP contribution in [-0.2, 0) is 22.4 Å². The maximum atomic E-state index is 13.5. The first-order valence-corrected chi connectivity index (χ1v) is 7.53. The third-order valence-electron chi connectivity index (χ3n) is 3.46. The Morgan fingerprint density at radius 1 is 0.958 bits per heavy atom. The molecule has 0 unspecified atom stereocenters. The van der Waals surface area contributed by atoms with Crippen molar-refractivity contribution in [1.29, 1.82) is 0 Å². The van der Waals surface area contributed by atoms with Gasteiger partial charge in [0.05, 0.1) is 13.5 Å². The Morgan fingerprint density at radius 2 is 1.58 bits per heavy atom. The minimum atomic E-state index is -0.383. The number of methoxy groups -OCH3 is 1. The number of carbonyl (C=O) groups excluding carboxylic acids is 2. The van der Waals surface area contributed by atoms with Gasteiger partial charge in [-0.1, -0.05) is 36.4 Å². The van der Waals surface area contributed by atoms with Gasteiger partial charge >= 0.3 is 0 Å². The minimum absolute atomic E-state index is 0.0792. The molecule has 0 bridgehead atoms. The van der Waals surface area contributed by atoms with E-state index in [2.05, 4.69) is 10.9 Å². The van der Waals surface area contributed by atoms with Crippen molar-refractivity contribution in [2.45, 2.75) is 19.3 Å². The quantitative estimate of drug-likeness (QED) is 0.798. The standard InChI is InChI=1S/C18H19FN2O3/c1-24-16-9-5-3-7-14(16)12-18(23)21-20-17(22)11-10-13-6-2-4-8-15(13)19/h2-9H,10-12H2,1H3,(H,20,22)(H,21,23). The van der Waals surface area contributed by atoms with Gasteiger partial charge in [-0.15, -0.1) is 0 Å². The number of amides is 2. The zero-order chi connectivity index (χ0) is 17.4. The van der Waals surface area contributed by atoms with Crippen LogP contribution in [0.3, 0.4) is 0 Å². The van der Waals surface area contributed by atoms with Gasteiger partial charge < -0.3 is 4.74 Å². The molecular weight excluding hydrogens is 311 g/mol. The SMILES string of the molecule is COc1ccccc1CC(=O)NNC(=O)CCc1ccccc1F. The van der Waals surface area contributed by atoms with Crippen molar-refractivity contribution >= 4 is 11.8 Å². The van der Waals surface area contributed by atoms with E-state index in [1.165, 1.54) is 13.2 Å². The molecule has 24 heavy (non-hydrogen) atoms. The van der Waals surface area contributed by atoms with E-state index >= 15 is 0 Å². The molecule has 0 aromatic heterocycles. The van der Waals surface area contributed by atoms with Gasteiger partial charge in [0.25, 0.3) is 0 Å². The fourth-order valence-electron chi connectivity index (χ4n) is 2.22. The first-order chi connectivity index (χ1) is 11.6. The Labute approximate surface area is 139 Å². The number of hydrogen-bond acceptors (Lipinski definition) is 3. The van der Waals surface area contributed by atoms with E-state index in [-0.39, 0.29) is 36.9 Å². The van der Waals surface area contributed by atoms with E-state index < -0.39 is 0 Å². The first-order valence-electron chi connectivity index (χ1n) is 7.53. The molecule has 2 amide bonds. The lowest BCUT2D eigenvalue weighted by molar-refractivity contribution is -0.128. The van der Waals surface area contributed by atoms with Crippen LogP contribution >= 0.6 is 0 Å². The smallest absolute Gasteiger partial charge is 0.242 e. The fourth-order valence-corrected chi connectivity index (χ4v) is 2.22. The van der Waals surface area contributed by atoms with E-state index in [9.17, 15) is 14.0 Å². The van der Waals surface area contributed by atoms with Crippen LogP contribution in [0.25, 0.3) is 0 Å². The van der Waals surface area contributed by atoms with Crippen LogP contribution in [0.1, 0.15) is 17.5 Å². The normalized spacial score (nSPS) is 10.1. The molecule has 0 saturated carbocycles. The number of halogens is 1. The molecule has 0 atom stereocenters. The average Bonchev–Trinajstić information content (AvgIpc) is 2.59. The summed E-state index contributed by atoms with van der Waals surface area (Å²) in [4.78, 5) is 23.6. The molecule has 126 valence electrons. The van der Waals surface area contributed by atoms with Gasteiger partial charge in [-0.3, -0.25) is 20.4 Å². The summed E-state index contributed by atoms with van der Waals surface area (Å²) in [5.41, 5.74) is 5.86.